The van der Waals surface area contributed by atoms with Crippen molar-refractivity contribution in [3.63, 3.8) is 0 Å². The lowest BCUT2D eigenvalue weighted by atomic mass is 9.88. The third kappa shape index (κ3) is 4.71. The van der Waals surface area contributed by atoms with Crippen LogP contribution in [0.4, 0.5) is 5.69 Å². The van der Waals surface area contributed by atoms with E-state index in [-0.39, 0.29) is 30.1 Å². The zero-order valence-electron chi connectivity index (χ0n) is 17.0. The molecule has 154 valence electrons. The van der Waals surface area contributed by atoms with Crippen molar-refractivity contribution >= 4 is 17.5 Å². The van der Waals surface area contributed by atoms with Crippen molar-refractivity contribution in [2.45, 2.75) is 51.7 Å². The molecule has 29 heavy (non-hydrogen) atoms. The second kappa shape index (κ2) is 9.00. The summed E-state index contributed by atoms with van der Waals surface area (Å²) in [7, 11) is 1.66. The van der Waals surface area contributed by atoms with Crippen molar-refractivity contribution in [1.29, 1.82) is 0 Å². The molecule has 0 saturated heterocycles. The Morgan fingerprint density at radius 2 is 2.07 bits per heavy atom. The highest BCUT2D eigenvalue weighted by Gasteiger charge is 2.22. The van der Waals surface area contributed by atoms with Gasteiger partial charge in [0.2, 0.25) is 11.8 Å². The maximum atomic E-state index is 12.8. The van der Waals surface area contributed by atoms with E-state index in [9.17, 15) is 14.4 Å². The molecule has 2 atom stereocenters. The van der Waals surface area contributed by atoms with Gasteiger partial charge >= 0.3 is 0 Å². The monoisotopic (exact) mass is 397 g/mol. The molecule has 3 rings (SSSR count). The van der Waals surface area contributed by atoms with Crippen LogP contribution in [-0.4, -0.2) is 34.5 Å². The molecule has 8 nitrogen and oxygen atoms in total. The molecule has 0 spiro atoms. The van der Waals surface area contributed by atoms with E-state index in [4.69, 9.17) is 0 Å². The van der Waals surface area contributed by atoms with Crippen LogP contribution in [0, 0.1) is 6.92 Å². The normalized spacial score (nSPS) is 16.6. The fourth-order valence-corrected chi connectivity index (χ4v) is 3.51. The van der Waals surface area contributed by atoms with Gasteiger partial charge in [0, 0.05) is 0 Å². The van der Waals surface area contributed by atoms with Crippen molar-refractivity contribution < 1.29 is 9.59 Å². The lowest BCUT2D eigenvalue weighted by Gasteiger charge is -2.26. The van der Waals surface area contributed by atoms with Crippen molar-refractivity contribution in [3.05, 3.63) is 57.8 Å². The summed E-state index contributed by atoms with van der Waals surface area (Å²) in [5, 5.41) is 8.42. The van der Waals surface area contributed by atoms with E-state index in [1.807, 2.05) is 18.2 Å². The van der Waals surface area contributed by atoms with Gasteiger partial charge in [0.25, 0.3) is 5.56 Å². The van der Waals surface area contributed by atoms with Crippen LogP contribution in [0.5, 0.6) is 0 Å². The van der Waals surface area contributed by atoms with Crippen LogP contribution in [0.3, 0.4) is 0 Å². The number of aryl methyl sites for hydroxylation is 2. The quantitative estimate of drug-likeness (QED) is 0.681. The summed E-state index contributed by atoms with van der Waals surface area (Å²) in [6.45, 7) is 3.19. The number of rotatable bonds is 6. The predicted octanol–water partition coefficient (Wildman–Crippen LogP) is 1.29. The molecule has 0 fully saturated rings. The van der Waals surface area contributed by atoms with Gasteiger partial charge in [0.1, 0.15) is 18.1 Å². The standard InChI is InChI=1S/C21H27N5O3/c1-13(22-3)20(28)25-18-11-23-14(2)26(21(18)29)12-19(27)24-17-10-6-8-15-7-4-5-9-16(15)17/h4-5,7,9,11,13,17,22H,6,8,10,12H2,1-3H3,(H,24,27)(H,25,28)/t13-,17+/m0/s1. The van der Waals surface area contributed by atoms with Crippen LogP contribution < -0.4 is 21.5 Å². The number of hydrogen-bond acceptors (Lipinski definition) is 5. The summed E-state index contributed by atoms with van der Waals surface area (Å²) in [5.74, 6) is -0.190. The molecule has 1 aliphatic carbocycles. The summed E-state index contributed by atoms with van der Waals surface area (Å²) in [4.78, 5) is 41.7. The smallest absolute Gasteiger partial charge is 0.277 e. The minimum atomic E-state index is -0.459. The second-order valence-electron chi connectivity index (χ2n) is 7.32. The number of hydrogen-bond donors (Lipinski definition) is 3. The lowest BCUT2D eigenvalue weighted by molar-refractivity contribution is -0.122. The van der Waals surface area contributed by atoms with E-state index >= 15 is 0 Å². The number of benzene rings is 1. The number of carbonyl (C=O) groups is 2. The first-order valence-electron chi connectivity index (χ1n) is 9.82. The molecule has 1 aliphatic rings. The third-order valence-electron chi connectivity index (χ3n) is 5.34. The average molecular weight is 397 g/mol. The van der Waals surface area contributed by atoms with Crippen LogP contribution >= 0.6 is 0 Å². The van der Waals surface area contributed by atoms with E-state index in [1.54, 1.807) is 20.9 Å². The van der Waals surface area contributed by atoms with Gasteiger partial charge in [0.15, 0.2) is 0 Å². The summed E-state index contributed by atoms with van der Waals surface area (Å²) >= 11 is 0. The number of nitrogens with zero attached hydrogens (tertiary/aromatic N) is 2. The maximum Gasteiger partial charge on any atom is 0.277 e. The zero-order valence-corrected chi connectivity index (χ0v) is 17.0. The van der Waals surface area contributed by atoms with Gasteiger partial charge < -0.3 is 16.0 Å². The van der Waals surface area contributed by atoms with Crippen molar-refractivity contribution in [3.8, 4) is 0 Å². The number of carbonyl (C=O) groups excluding carboxylic acids is 2. The Morgan fingerprint density at radius 3 is 2.83 bits per heavy atom. The van der Waals surface area contributed by atoms with Crippen molar-refractivity contribution in [2.75, 3.05) is 12.4 Å². The fraction of sp³-hybridized carbons (Fsp3) is 0.429. The second-order valence-corrected chi connectivity index (χ2v) is 7.32. The van der Waals surface area contributed by atoms with Crippen molar-refractivity contribution in [2.24, 2.45) is 0 Å². The lowest BCUT2D eigenvalue weighted by Crippen LogP contribution is -2.40. The molecule has 1 heterocycles. The summed E-state index contributed by atoms with van der Waals surface area (Å²) in [5.41, 5.74) is 1.99. The molecule has 2 aromatic rings. The average Bonchev–Trinajstić information content (AvgIpc) is 2.72. The largest absolute Gasteiger partial charge is 0.348 e. The van der Waals surface area contributed by atoms with E-state index in [1.165, 1.54) is 16.3 Å². The minimum absolute atomic E-state index is 0.0542. The molecule has 0 radical (unpaired) electrons. The topological polar surface area (TPSA) is 105 Å². The highest BCUT2D eigenvalue weighted by atomic mass is 16.2. The SMILES string of the molecule is CN[C@@H](C)C(=O)Nc1cnc(C)n(CC(=O)N[C@@H]2CCCc3ccccc32)c1=O. The molecule has 8 heteroatoms. The number of fused-ring (bicyclic) bond motifs is 1. The molecular weight excluding hydrogens is 370 g/mol. The molecule has 0 bridgehead atoms. The Hall–Kier alpha value is -3.00. The van der Waals surface area contributed by atoms with E-state index in [0.29, 0.717) is 5.82 Å². The van der Waals surface area contributed by atoms with E-state index in [0.717, 1.165) is 24.8 Å². The first-order chi connectivity index (χ1) is 13.9. The van der Waals surface area contributed by atoms with Gasteiger partial charge in [0.05, 0.1) is 18.3 Å². The van der Waals surface area contributed by atoms with Crippen LogP contribution in [-0.2, 0) is 22.6 Å². The van der Waals surface area contributed by atoms with Gasteiger partial charge in [-0.1, -0.05) is 24.3 Å². The highest BCUT2D eigenvalue weighted by Crippen LogP contribution is 2.29. The number of nitrogens with one attached hydrogen (secondary N) is 3. The van der Waals surface area contributed by atoms with Crippen LogP contribution in [0.1, 0.15) is 42.8 Å². The third-order valence-corrected chi connectivity index (χ3v) is 5.34. The molecule has 0 saturated carbocycles. The van der Waals surface area contributed by atoms with Crippen LogP contribution in [0.25, 0.3) is 0 Å². The summed E-state index contributed by atoms with van der Waals surface area (Å²) < 4.78 is 1.28. The first-order valence-corrected chi connectivity index (χ1v) is 9.82. The summed E-state index contributed by atoms with van der Waals surface area (Å²) in [6.07, 6.45) is 4.21. The fourth-order valence-electron chi connectivity index (χ4n) is 3.51. The molecule has 3 N–H and O–H groups in total. The zero-order chi connectivity index (χ0) is 21.0. The first kappa shape index (κ1) is 20.7. The van der Waals surface area contributed by atoms with Crippen LogP contribution in [0.15, 0.2) is 35.3 Å². The molecule has 1 aromatic heterocycles. The Kier molecular flexibility index (Phi) is 6.43. The number of amides is 2. The Bertz CT molecular complexity index is 969. The minimum Gasteiger partial charge on any atom is -0.348 e. The molecule has 0 unspecified atom stereocenters. The number of likely N-dealkylation sites (N-methyl/N-ethyl adjacent to an activating group) is 1. The van der Waals surface area contributed by atoms with Gasteiger partial charge in [-0.15, -0.1) is 0 Å². The molecule has 0 aliphatic heterocycles. The van der Waals surface area contributed by atoms with Gasteiger partial charge in [-0.05, 0) is 51.3 Å². The van der Waals surface area contributed by atoms with E-state index in [2.05, 4.69) is 27.0 Å². The van der Waals surface area contributed by atoms with Gasteiger partial charge in [-0.3, -0.25) is 19.0 Å². The van der Waals surface area contributed by atoms with Crippen LogP contribution in [0.2, 0.25) is 0 Å². The van der Waals surface area contributed by atoms with Gasteiger partial charge in [-0.2, -0.15) is 0 Å². The Morgan fingerprint density at radius 1 is 1.31 bits per heavy atom. The Labute approximate surface area is 169 Å². The number of anilines is 1. The maximum absolute atomic E-state index is 12.8. The van der Waals surface area contributed by atoms with E-state index < -0.39 is 11.6 Å². The molecule has 1 aromatic carbocycles. The predicted molar refractivity (Wildman–Crippen MR) is 111 cm³/mol. The number of aromatic nitrogens is 2. The summed E-state index contributed by atoms with van der Waals surface area (Å²) in [6, 6.07) is 7.59. The van der Waals surface area contributed by atoms with Gasteiger partial charge in [-0.25, -0.2) is 4.98 Å². The Balaban J connectivity index is 1.75. The highest BCUT2D eigenvalue weighted by molar-refractivity contribution is 5.94. The van der Waals surface area contributed by atoms with Crippen molar-refractivity contribution in [1.82, 2.24) is 20.2 Å². The molecule has 2 amide bonds. The molecular formula is C21H27N5O3.